The summed E-state index contributed by atoms with van der Waals surface area (Å²) in [6.45, 7) is 1.92. The second-order valence-corrected chi connectivity index (χ2v) is 8.67. The highest BCUT2D eigenvalue weighted by Crippen LogP contribution is 2.45. The fourth-order valence-corrected chi connectivity index (χ4v) is 4.73. The predicted molar refractivity (Wildman–Crippen MR) is 122 cm³/mol. The molecule has 1 aromatic heterocycles. The minimum absolute atomic E-state index is 0.0394. The highest BCUT2D eigenvalue weighted by Gasteiger charge is 2.43. The van der Waals surface area contributed by atoms with E-state index in [-0.39, 0.29) is 24.1 Å². The summed E-state index contributed by atoms with van der Waals surface area (Å²) in [6.07, 6.45) is -4.09. The Morgan fingerprint density at radius 3 is 2.34 bits per heavy atom. The number of allylic oxidation sites excluding steroid dienone is 2. The van der Waals surface area contributed by atoms with Gasteiger partial charge in [-0.1, -0.05) is 35.9 Å². The number of aromatic nitrogens is 3. The van der Waals surface area contributed by atoms with Crippen LogP contribution in [0.15, 0.2) is 53.7 Å². The number of methoxy groups -OCH3 is 2. The zero-order chi connectivity index (χ0) is 24.9. The van der Waals surface area contributed by atoms with Crippen LogP contribution in [0.5, 0.6) is 11.5 Å². The van der Waals surface area contributed by atoms with E-state index in [1.807, 2.05) is 43.3 Å². The zero-order valence-corrected chi connectivity index (χ0v) is 19.3. The molecule has 10 heteroatoms. The van der Waals surface area contributed by atoms with E-state index >= 15 is 0 Å². The number of fused-ring (bicyclic) bond motifs is 1. The number of hydrogen-bond donors (Lipinski definition) is 1. The van der Waals surface area contributed by atoms with Gasteiger partial charge in [0.1, 0.15) is 6.04 Å². The summed E-state index contributed by atoms with van der Waals surface area (Å²) >= 11 is 0. The van der Waals surface area contributed by atoms with Crippen LogP contribution in [0.3, 0.4) is 0 Å². The number of aryl methyl sites for hydroxylation is 1. The van der Waals surface area contributed by atoms with Gasteiger partial charge in [-0.3, -0.25) is 4.79 Å². The van der Waals surface area contributed by atoms with Crippen LogP contribution in [0.25, 0.3) is 0 Å². The summed E-state index contributed by atoms with van der Waals surface area (Å²) in [6, 6.07) is 12.0. The molecule has 2 unspecified atom stereocenters. The third-order valence-corrected chi connectivity index (χ3v) is 6.45. The lowest BCUT2D eigenvalue weighted by Gasteiger charge is -2.35. The number of nitrogens with one attached hydrogen (secondary N) is 1. The predicted octanol–water partition coefficient (Wildman–Crippen LogP) is 5.04. The fraction of sp³-hybridized carbons (Fsp3) is 0.320. The monoisotopic (exact) mass is 484 g/mol. The van der Waals surface area contributed by atoms with Gasteiger partial charge in [0.25, 0.3) is 5.82 Å². The van der Waals surface area contributed by atoms with Gasteiger partial charge in [-0.05, 0) is 42.5 Å². The fourth-order valence-electron chi connectivity index (χ4n) is 4.73. The van der Waals surface area contributed by atoms with Crippen molar-refractivity contribution in [3.63, 3.8) is 0 Å². The minimum Gasteiger partial charge on any atom is -0.493 e. The maximum absolute atomic E-state index is 13.5. The van der Waals surface area contributed by atoms with E-state index in [0.717, 1.165) is 11.1 Å². The van der Waals surface area contributed by atoms with Crippen LogP contribution in [0, 0.1) is 6.92 Å². The molecule has 5 rings (SSSR count). The van der Waals surface area contributed by atoms with E-state index in [9.17, 15) is 18.0 Å². The Hall–Kier alpha value is -3.82. The van der Waals surface area contributed by atoms with Crippen LogP contribution in [0.1, 0.15) is 47.3 Å². The number of Topliss-reactive ketones (excluding diaryl/α,β-unsaturated/α-hetero) is 1. The van der Waals surface area contributed by atoms with Crippen molar-refractivity contribution in [3.8, 4) is 11.5 Å². The summed E-state index contributed by atoms with van der Waals surface area (Å²) in [4.78, 5) is 17.2. The number of halogens is 3. The summed E-state index contributed by atoms with van der Waals surface area (Å²) in [7, 11) is 3.08. The molecule has 1 aliphatic heterocycles. The standard InChI is InChI=1S/C25H23F3N4O3/c1-13-4-6-14(7-5-13)22-21-17(29-24-30-23(25(26,27)28)31-32(22)24)10-16(11-18(21)33)15-8-9-19(34-2)20(12-15)35-3/h4-9,12,16,22H,10-11H2,1-3H3,(H,29,30,31). The summed E-state index contributed by atoms with van der Waals surface area (Å²) in [5.41, 5.74) is 3.51. The van der Waals surface area contributed by atoms with Gasteiger partial charge in [0.05, 0.1) is 14.2 Å². The van der Waals surface area contributed by atoms with Gasteiger partial charge in [0.2, 0.25) is 5.95 Å². The Morgan fingerprint density at radius 2 is 1.69 bits per heavy atom. The number of carbonyl (C=O) groups is 1. The average molecular weight is 484 g/mol. The molecule has 1 aliphatic carbocycles. The van der Waals surface area contributed by atoms with Gasteiger partial charge in [0.15, 0.2) is 17.3 Å². The van der Waals surface area contributed by atoms with Gasteiger partial charge in [0, 0.05) is 17.7 Å². The number of nitrogens with zero attached hydrogens (tertiary/aromatic N) is 3. The molecule has 2 aliphatic rings. The van der Waals surface area contributed by atoms with Crippen LogP contribution in [-0.2, 0) is 11.0 Å². The molecule has 1 N–H and O–H groups in total. The summed E-state index contributed by atoms with van der Waals surface area (Å²) in [5, 5.41) is 6.72. The molecule has 3 aromatic rings. The zero-order valence-electron chi connectivity index (χ0n) is 19.3. The maximum Gasteiger partial charge on any atom is 0.453 e. The molecule has 182 valence electrons. The van der Waals surface area contributed by atoms with Crippen molar-refractivity contribution in [1.29, 1.82) is 0 Å². The molecule has 0 saturated heterocycles. The Kier molecular flexibility index (Phi) is 5.53. The van der Waals surface area contributed by atoms with Gasteiger partial charge in [-0.2, -0.15) is 18.2 Å². The van der Waals surface area contributed by atoms with Crippen molar-refractivity contribution < 1.29 is 27.4 Å². The van der Waals surface area contributed by atoms with E-state index < -0.39 is 18.0 Å². The van der Waals surface area contributed by atoms with Crippen molar-refractivity contribution in [2.24, 2.45) is 0 Å². The number of benzene rings is 2. The smallest absolute Gasteiger partial charge is 0.453 e. The lowest BCUT2D eigenvalue weighted by molar-refractivity contribution is -0.145. The van der Waals surface area contributed by atoms with Crippen molar-refractivity contribution in [3.05, 3.63) is 76.2 Å². The second kappa shape index (κ2) is 8.44. The molecule has 2 aromatic carbocycles. The number of anilines is 1. The first kappa shape index (κ1) is 22.9. The van der Waals surface area contributed by atoms with Crippen molar-refractivity contribution in [2.45, 2.75) is 37.9 Å². The molecule has 2 atom stereocenters. The van der Waals surface area contributed by atoms with Crippen molar-refractivity contribution >= 4 is 11.7 Å². The van der Waals surface area contributed by atoms with E-state index in [1.165, 1.54) is 11.8 Å². The molecule has 0 spiro atoms. The quantitative estimate of drug-likeness (QED) is 0.559. The van der Waals surface area contributed by atoms with Crippen LogP contribution >= 0.6 is 0 Å². The molecule has 35 heavy (non-hydrogen) atoms. The summed E-state index contributed by atoms with van der Waals surface area (Å²) < 4.78 is 52.2. The molecule has 0 amide bonds. The van der Waals surface area contributed by atoms with Crippen molar-refractivity contribution in [2.75, 3.05) is 19.5 Å². The minimum atomic E-state index is -4.71. The van der Waals surface area contributed by atoms with Gasteiger partial charge >= 0.3 is 6.18 Å². The number of rotatable bonds is 4. The topological polar surface area (TPSA) is 78.3 Å². The number of hydrogen-bond acceptors (Lipinski definition) is 6. The first-order valence-electron chi connectivity index (χ1n) is 11.0. The van der Waals surface area contributed by atoms with Gasteiger partial charge in [-0.25, -0.2) is 4.68 Å². The Labute approximate surface area is 199 Å². The van der Waals surface area contributed by atoms with Crippen LogP contribution in [0.2, 0.25) is 0 Å². The molecule has 0 radical (unpaired) electrons. The van der Waals surface area contributed by atoms with E-state index in [0.29, 0.717) is 34.8 Å². The summed E-state index contributed by atoms with van der Waals surface area (Å²) in [5.74, 6) is -0.520. The van der Waals surface area contributed by atoms with Gasteiger partial charge < -0.3 is 14.8 Å². The van der Waals surface area contributed by atoms with Gasteiger partial charge in [-0.15, -0.1) is 5.10 Å². The van der Waals surface area contributed by atoms with Crippen LogP contribution < -0.4 is 14.8 Å². The van der Waals surface area contributed by atoms with Crippen LogP contribution in [-0.4, -0.2) is 34.8 Å². The number of alkyl halides is 3. The average Bonchev–Trinajstić information content (AvgIpc) is 3.27. The van der Waals surface area contributed by atoms with Crippen molar-refractivity contribution in [1.82, 2.24) is 14.8 Å². The first-order valence-corrected chi connectivity index (χ1v) is 11.0. The Morgan fingerprint density at radius 1 is 1.00 bits per heavy atom. The van der Waals surface area contributed by atoms with Crippen LogP contribution in [0.4, 0.5) is 19.1 Å². The third-order valence-electron chi connectivity index (χ3n) is 6.45. The maximum atomic E-state index is 13.5. The number of ketones is 1. The highest BCUT2D eigenvalue weighted by atomic mass is 19.4. The Bertz CT molecular complexity index is 1330. The number of carbonyl (C=O) groups excluding carboxylic acids is 1. The molecule has 0 saturated carbocycles. The highest BCUT2D eigenvalue weighted by molar-refractivity contribution is 6.00. The molecule has 2 heterocycles. The molecule has 7 nitrogen and oxygen atoms in total. The lowest BCUT2D eigenvalue weighted by Crippen LogP contribution is -2.33. The second-order valence-electron chi connectivity index (χ2n) is 8.67. The molecular formula is C25H23F3N4O3. The first-order chi connectivity index (χ1) is 16.7. The molecule has 0 fully saturated rings. The van der Waals surface area contributed by atoms with E-state index in [1.54, 1.807) is 13.2 Å². The number of ether oxygens (including phenoxy) is 2. The molecule has 0 bridgehead atoms. The normalized spacial score (nSPS) is 19.7. The third kappa shape index (κ3) is 4.02. The molecular weight excluding hydrogens is 461 g/mol. The lowest BCUT2D eigenvalue weighted by atomic mass is 9.78. The Balaban J connectivity index is 1.59. The SMILES string of the molecule is COc1ccc(C2CC(=O)C3=C(C2)Nc2nc(C(F)(F)F)nn2C3c2ccc(C)cc2)cc1OC. The van der Waals surface area contributed by atoms with E-state index in [2.05, 4.69) is 15.4 Å². The largest absolute Gasteiger partial charge is 0.493 e. The van der Waals surface area contributed by atoms with E-state index in [4.69, 9.17) is 9.47 Å².